The highest BCUT2D eigenvalue weighted by Crippen LogP contribution is 2.21. The zero-order valence-corrected chi connectivity index (χ0v) is 14.6. The number of hydrogen-bond donors (Lipinski definition) is 1. The summed E-state index contributed by atoms with van der Waals surface area (Å²) in [5, 5.41) is 0. The topological polar surface area (TPSA) is 49.6 Å². The molecule has 128 valence electrons. The van der Waals surface area contributed by atoms with Crippen molar-refractivity contribution in [3.63, 3.8) is 0 Å². The van der Waals surface area contributed by atoms with Crippen LogP contribution in [0.25, 0.3) is 0 Å². The van der Waals surface area contributed by atoms with E-state index in [1.807, 2.05) is 4.90 Å². The van der Waals surface area contributed by atoms with Crippen LogP contribution in [0.15, 0.2) is 24.3 Å². The van der Waals surface area contributed by atoms with Crippen LogP contribution in [0.2, 0.25) is 0 Å². The fourth-order valence-electron chi connectivity index (χ4n) is 3.77. The molecule has 1 aromatic rings. The SMILES string of the molecule is Cl.NCCC1CCCN(CC(=O)N2CCc3ccccc3C2)C1. The van der Waals surface area contributed by atoms with Gasteiger partial charge in [0.2, 0.25) is 5.91 Å². The predicted octanol–water partition coefficient (Wildman–Crippen LogP) is 2.05. The first kappa shape index (κ1) is 18.2. The number of nitrogens with zero attached hydrogens (tertiary/aromatic N) is 2. The van der Waals surface area contributed by atoms with Crippen molar-refractivity contribution in [1.82, 2.24) is 9.80 Å². The third-order valence-electron chi connectivity index (χ3n) is 5.02. The van der Waals surface area contributed by atoms with Crippen molar-refractivity contribution in [1.29, 1.82) is 0 Å². The van der Waals surface area contributed by atoms with E-state index in [1.165, 1.54) is 24.0 Å². The Bertz CT molecular complexity index is 521. The fraction of sp³-hybridized carbons (Fsp3) is 0.611. The molecule has 1 fully saturated rings. The van der Waals surface area contributed by atoms with Crippen LogP contribution in [0.1, 0.15) is 30.4 Å². The Labute approximate surface area is 145 Å². The minimum Gasteiger partial charge on any atom is -0.337 e. The van der Waals surface area contributed by atoms with Gasteiger partial charge in [0, 0.05) is 19.6 Å². The van der Waals surface area contributed by atoms with Crippen molar-refractivity contribution in [2.24, 2.45) is 11.7 Å². The summed E-state index contributed by atoms with van der Waals surface area (Å²) in [7, 11) is 0. The smallest absolute Gasteiger partial charge is 0.237 e. The Balaban J connectivity index is 0.00000192. The second kappa shape index (κ2) is 8.67. The van der Waals surface area contributed by atoms with E-state index in [2.05, 4.69) is 29.2 Å². The van der Waals surface area contributed by atoms with Crippen LogP contribution in [0, 0.1) is 5.92 Å². The Morgan fingerprint density at radius 3 is 2.78 bits per heavy atom. The normalized spacial score (nSPS) is 21.4. The van der Waals surface area contributed by atoms with Crippen molar-refractivity contribution in [2.75, 3.05) is 32.7 Å². The lowest BCUT2D eigenvalue weighted by molar-refractivity contribution is -0.133. The Hall–Kier alpha value is -1.10. The number of halogens is 1. The summed E-state index contributed by atoms with van der Waals surface area (Å²) in [5.41, 5.74) is 8.38. The molecular weight excluding hydrogens is 310 g/mol. The second-order valence-electron chi connectivity index (χ2n) is 6.65. The molecule has 2 heterocycles. The highest BCUT2D eigenvalue weighted by atomic mass is 35.5. The lowest BCUT2D eigenvalue weighted by atomic mass is 9.95. The Morgan fingerprint density at radius 1 is 1.22 bits per heavy atom. The Morgan fingerprint density at radius 2 is 2.00 bits per heavy atom. The number of carbonyl (C=O) groups is 1. The molecule has 1 amide bonds. The fourth-order valence-corrected chi connectivity index (χ4v) is 3.77. The maximum atomic E-state index is 12.6. The Kier molecular flexibility index (Phi) is 6.88. The van der Waals surface area contributed by atoms with Gasteiger partial charge < -0.3 is 10.6 Å². The summed E-state index contributed by atoms with van der Waals surface area (Å²) in [6, 6.07) is 8.47. The summed E-state index contributed by atoms with van der Waals surface area (Å²) in [6.45, 7) is 5.05. The monoisotopic (exact) mass is 337 g/mol. The maximum absolute atomic E-state index is 12.6. The molecule has 0 spiro atoms. The number of fused-ring (bicyclic) bond motifs is 1. The van der Waals surface area contributed by atoms with Gasteiger partial charge in [-0.2, -0.15) is 0 Å². The molecule has 5 heteroatoms. The van der Waals surface area contributed by atoms with Crippen molar-refractivity contribution in [2.45, 2.75) is 32.2 Å². The van der Waals surface area contributed by atoms with E-state index >= 15 is 0 Å². The minimum absolute atomic E-state index is 0. The van der Waals surface area contributed by atoms with Crippen LogP contribution < -0.4 is 5.73 Å². The van der Waals surface area contributed by atoms with Crippen LogP contribution >= 0.6 is 12.4 Å². The highest BCUT2D eigenvalue weighted by Gasteiger charge is 2.25. The van der Waals surface area contributed by atoms with Crippen LogP contribution in [0.4, 0.5) is 0 Å². The number of likely N-dealkylation sites (tertiary alicyclic amines) is 1. The number of rotatable bonds is 4. The average molecular weight is 338 g/mol. The van der Waals surface area contributed by atoms with E-state index in [4.69, 9.17) is 5.73 Å². The molecule has 1 atom stereocenters. The number of nitrogens with two attached hydrogens (primary N) is 1. The summed E-state index contributed by atoms with van der Waals surface area (Å²) in [4.78, 5) is 16.9. The first-order chi connectivity index (χ1) is 10.8. The largest absolute Gasteiger partial charge is 0.337 e. The first-order valence-corrected chi connectivity index (χ1v) is 8.53. The van der Waals surface area contributed by atoms with E-state index in [9.17, 15) is 4.79 Å². The van der Waals surface area contributed by atoms with Gasteiger partial charge in [-0.25, -0.2) is 0 Å². The molecule has 1 unspecified atom stereocenters. The van der Waals surface area contributed by atoms with Crippen LogP contribution in [0.5, 0.6) is 0 Å². The molecule has 2 aliphatic rings. The van der Waals surface area contributed by atoms with E-state index in [-0.39, 0.29) is 18.3 Å². The molecule has 0 aromatic heterocycles. The predicted molar refractivity (Wildman–Crippen MR) is 95.6 cm³/mol. The summed E-state index contributed by atoms with van der Waals surface area (Å²) < 4.78 is 0. The van der Waals surface area contributed by atoms with Gasteiger partial charge in [0.1, 0.15) is 0 Å². The molecule has 0 bridgehead atoms. The lowest BCUT2D eigenvalue weighted by Crippen LogP contribution is -2.45. The van der Waals surface area contributed by atoms with Crippen molar-refractivity contribution >= 4 is 18.3 Å². The van der Waals surface area contributed by atoms with Gasteiger partial charge in [-0.05, 0) is 55.8 Å². The summed E-state index contributed by atoms with van der Waals surface area (Å²) >= 11 is 0. The van der Waals surface area contributed by atoms with E-state index in [1.54, 1.807) is 0 Å². The molecule has 23 heavy (non-hydrogen) atoms. The molecule has 2 N–H and O–H groups in total. The van der Waals surface area contributed by atoms with Gasteiger partial charge >= 0.3 is 0 Å². The van der Waals surface area contributed by atoms with E-state index < -0.39 is 0 Å². The molecular formula is C18H28ClN3O. The van der Waals surface area contributed by atoms with Crippen molar-refractivity contribution in [3.05, 3.63) is 35.4 Å². The molecule has 0 aliphatic carbocycles. The quantitative estimate of drug-likeness (QED) is 0.915. The van der Waals surface area contributed by atoms with Gasteiger partial charge in [-0.1, -0.05) is 24.3 Å². The van der Waals surface area contributed by atoms with Crippen LogP contribution in [0.3, 0.4) is 0 Å². The zero-order valence-electron chi connectivity index (χ0n) is 13.7. The summed E-state index contributed by atoms with van der Waals surface area (Å²) in [6.07, 6.45) is 4.53. The molecule has 0 saturated carbocycles. The average Bonchev–Trinajstić information content (AvgIpc) is 2.55. The molecule has 0 radical (unpaired) electrons. The van der Waals surface area contributed by atoms with Gasteiger partial charge in [0.05, 0.1) is 6.54 Å². The van der Waals surface area contributed by atoms with Crippen molar-refractivity contribution in [3.8, 4) is 0 Å². The van der Waals surface area contributed by atoms with E-state index in [0.717, 1.165) is 45.6 Å². The number of benzene rings is 1. The first-order valence-electron chi connectivity index (χ1n) is 8.53. The van der Waals surface area contributed by atoms with Crippen LogP contribution in [-0.2, 0) is 17.8 Å². The molecule has 2 aliphatic heterocycles. The number of hydrogen-bond acceptors (Lipinski definition) is 3. The van der Waals surface area contributed by atoms with Gasteiger partial charge in [0.15, 0.2) is 0 Å². The van der Waals surface area contributed by atoms with Crippen molar-refractivity contribution < 1.29 is 4.79 Å². The third-order valence-corrected chi connectivity index (χ3v) is 5.02. The molecule has 3 rings (SSSR count). The number of amides is 1. The number of piperidine rings is 1. The van der Waals surface area contributed by atoms with Crippen LogP contribution in [-0.4, -0.2) is 48.4 Å². The highest BCUT2D eigenvalue weighted by molar-refractivity contribution is 5.85. The minimum atomic E-state index is 0. The number of carbonyl (C=O) groups excluding carboxylic acids is 1. The molecule has 1 saturated heterocycles. The van der Waals surface area contributed by atoms with Gasteiger partial charge in [-0.3, -0.25) is 9.69 Å². The lowest BCUT2D eigenvalue weighted by Gasteiger charge is -2.35. The second-order valence-corrected chi connectivity index (χ2v) is 6.65. The molecule has 4 nitrogen and oxygen atoms in total. The maximum Gasteiger partial charge on any atom is 0.237 e. The van der Waals surface area contributed by atoms with Gasteiger partial charge in [0.25, 0.3) is 0 Å². The summed E-state index contributed by atoms with van der Waals surface area (Å²) in [5.74, 6) is 0.955. The zero-order chi connectivity index (χ0) is 15.4. The third kappa shape index (κ3) is 4.69. The van der Waals surface area contributed by atoms with Gasteiger partial charge in [-0.15, -0.1) is 12.4 Å². The molecule has 1 aromatic carbocycles. The van der Waals surface area contributed by atoms with E-state index in [0.29, 0.717) is 12.5 Å². The standard InChI is InChI=1S/C18H27N3O.ClH/c19-9-7-15-4-3-10-20(12-15)14-18(22)21-11-8-16-5-1-2-6-17(16)13-21;/h1-2,5-6,15H,3-4,7-14,19H2;1H.